The molecule has 9 nitrogen and oxygen atoms in total. The van der Waals surface area contributed by atoms with Gasteiger partial charge in [0.2, 0.25) is 11.9 Å². The molecule has 0 spiro atoms. The van der Waals surface area contributed by atoms with Crippen molar-refractivity contribution in [1.82, 2.24) is 15.3 Å². The number of urea groups is 1. The van der Waals surface area contributed by atoms with E-state index in [-0.39, 0.29) is 18.5 Å². The highest BCUT2D eigenvalue weighted by Gasteiger charge is 2.26. The summed E-state index contributed by atoms with van der Waals surface area (Å²) < 4.78 is 0. The van der Waals surface area contributed by atoms with Gasteiger partial charge in [-0.05, 0) is 36.2 Å². The summed E-state index contributed by atoms with van der Waals surface area (Å²) >= 11 is 0. The monoisotopic (exact) mass is 431 g/mol. The van der Waals surface area contributed by atoms with Crippen LogP contribution >= 0.6 is 0 Å². The fourth-order valence-corrected chi connectivity index (χ4v) is 3.37. The molecule has 9 heteroatoms. The third-order valence-electron chi connectivity index (χ3n) is 5.16. The Morgan fingerprint density at radius 1 is 1.03 bits per heavy atom. The van der Waals surface area contributed by atoms with Crippen LogP contribution < -0.4 is 25.8 Å². The Kier molecular flexibility index (Phi) is 6.16. The van der Waals surface area contributed by atoms with Crippen molar-refractivity contribution in [3.63, 3.8) is 0 Å². The highest BCUT2D eigenvalue weighted by atomic mass is 16.2. The molecule has 0 saturated heterocycles. The minimum Gasteiger partial charge on any atom is -0.348 e. The second-order valence-corrected chi connectivity index (χ2v) is 7.53. The largest absolute Gasteiger partial charge is 0.348 e. The standard InChI is InChI=1S/C23H25N7O2/c1-29-15-20(31)30(2)19-14-25-22(28-21(19)29)26-17-8-10-18(11-9-17)27-23(32)24-13-12-16-6-4-3-5-7-16/h3-11,14H,12-13,15H2,1-2H3,(H2,24,27,32)(H,25,26,28). The van der Waals surface area contributed by atoms with Crippen LogP contribution in [0.15, 0.2) is 60.8 Å². The van der Waals surface area contributed by atoms with Crippen LogP contribution in [0.3, 0.4) is 0 Å². The summed E-state index contributed by atoms with van der Waals surface area (Å²) in [6.07, 6.45) is 2.41. The maximum absolute atomic E-state index is 12.1. The maximum Gasteiger partial charge on any atom is 0.319 e. The van der Waals surface area contributed by atoms with Crippen LogP contribution in [0.1, 0.15) is 5.56 Å². The average molecular weight is 432 g/mol. The number of anilines is 5. The number of carbonyl (C=O) groups is 2. The van der Waals surface area contributed by atoms with Gasteiger partial charge in [0.1, 0.15) is 5.69 Å². The molecule has 0 fully saturated rings. The molecule has 164 valence electrons. The number of benzene rings is 2. The lowest BCUT2D eigenvalue weighted by Crippen LogP contribution is -2.42. The fourth-order valence-electron chi connectivity index (χ4n) is 3.37. The fraction of sp³-hybridized carbons (Fsp3) is 0.217. The molecule has 2 heterocycles. The van der Waals surface area contributed by atoms with E-state index in [4.69, 9.17) is 0 Å². The van der Waals surface area contributed by atoms with E-state index in [2.05, 4.69) is 25.9 Å². The molecule has 32 heavy (non-hydrogen) atoms. The first-order valence-electron chi connectivity index (χ1n) is 10.3. The van der Waals surface area contributed by atoms with Crippen molar-refractivity contribution in [2.24, 2.45) is 0 Å². The molecule has 0 bridgehead atoms. The molecule has 3 aromatic rings. The molecule has 0 atom stereocenters. The number of hydrogen-bond acceptors (Lipinski definition) is 6. The molecule has 0 saturated carbocycles. The minimum absolute atomic E-state index is 0.00324. The molecule has 2 aromatic carbocycles. The molecule has 3 amide bonds. The Hall–Kier alpha value is -4.14. The second kappa shape index (κ2) is 9.34. The van der Waals surface area contributed by atoms with Gasteiger partial charge in [0.15, 0.2) is 5.82 Å². The lowest BCUT2D eigenvalue weighted by atomic mass is 10.1. The van der Waals surface area contributed by atoms with Gasteiger partial charge in [-0.2, -0.15) is 4.98 Å². The van der Waals surface area contributed by atoms with Crippen LogP contribution in [0.4, 0.5) is 33.6 Å². The van der Waals surface area contributed by atoms with Crippen LogP contribution in [0, 0.1) is 0 Å². The van der Waals surface area contributed by atoms with E-state index >= 15 is 0 Å². The summed E-state index contributed by atoms with van der Waals surface area (Å²) in [5, 5.41) is 8.83. The van der Waals surface area contributed by atoms with Gasteiger partial charge in [0.05, 0.1) is 12.7 Å². The summed E-state index contributed by atoms with van der Waals surface area (Å²) in [5.41, 5.74) is 3.31. The third kappa shape index (κ3) is 4.94. The number of carbonyl (C=O) groups excluding carboxylic acids is 2. The maximum atomic E-state index is 12.1. The topological polar surface area (TPSA) is 102 Å². The van der Waals surface area contributed by atoms with E-state index in [1.165, 1.54) is 5.56 Å². The third-order valence-corrected chi connectivity index (χ3v) is 5.16. The van der Waals surface area contributed by atoms with Crippen molar-refractivity contribution in [3.8, 4) is 0 Å². The van der Waals surface area contributed by atoms with Crippen LogP contribution in [0.5, 0.6) is 0 Å². The minimum atomic E-state index is -0.249. The lowest BCUT2D eigenvalue weighted by Gasteiger charge is -2.31. The van der Waals surface area contributed by atoms with Crippen molar-refractivity contribution in [1.29, 1.82) is 0 Å². The SMILES string of the molecule is CN1CC(=O)N(C)c2cnc(Nc3ccc(NC(=O)NCCc4ccccc4)cc3)nc21. The van der Waals surface area contributed by atoms with Gasteiger partial charge in [-0.1, -0.05) is 30.3 Å². The van der Waals surface area contributed by atoms with Gasteiger partial charge >= 0.3 is 6.03 Å². The molecule has 4 rings (SSSR count). The number of rotatable bonds is 6. The van der Waals surface area contributed by atoms with E-state index in [9.17, 15) is 9.59 Å². The highest BCUT2D eigenvalue weighted by molar-refractivity contribution is 6.01. The van der Waals surface area contributed by atoms with E-state index < -0.39 is 0 Å². The average Bonchev–Trinajstić information content (AvgIpc) is 2.80. The zero-order valence-corrected chi connectivity index (χ0v) is 18.0. The summed E-state index contributed by atoms with van der Waals surface area (Å²) in [7, 11) is 3.54. The van der Waals surface area contributed by atoms with Crippen LogP contribution in [0.2, 0.25) is 0 Å². The van der Waals surface area contributed by atoms with E-state index in [0.29, 0.717) is 29.7 Å². The zero-order valence-electron chi connectivity index (χ0n) is 18.0. The lowest BCUT2D eigenvalue weighted by molar-refractivity contribution is -0.117. The van der Waals surface area contributed by atoms with Crippen molar-refractivity contribution in [3.05, 3.63) is 66.4 Å². The van der Waals surface area contributed by atoms with Gasteiger partial charge in [0, 0.05) is 32.0 Å². The number of hydrogen-bond donors (Lipinski definition) is 3. The predicted molar refractivity (Wildman–Crippen MR) is 126 cm³/mol. The van der Waals surface area contributed by atoms with Crippen LogP contribution in [-0.4, -0.2) is 49.1 Å². The molecule has 1 aliphatic heterocycles. The summed E-state index contributed by atoms with van der Waals surface area (Å²) in [6.45, 7) is 0.827. The molecular weight excluding hydrogens is 406 g/mol. The Balaban J connectivity index is 1.31. The molecule has 1 aliphatic rings. The number of amides is 3. The summed E-state index contributed by atoms with van der Waals surface area (Å²) in [6, 6.07) is 17.0. The Bertz CT molecular complexity index is 1100. The molecule has 0 unspecified atom stereocenters. The number of fused-ring (bicyclic) bond motifs is 1. The van der Waals surface area contributed by atoms with E-state index in [0.717, 1.165) is 12.1 Å². The van der Waals surface area contributed by atoms with Crippen molar-refractivity contribution < 1.29 is 9.59 Å². The van der Waals surface area contributed by atoms with Gasteiger partial charge in [0.25, 0.3) is 0 Å². The summed E-state index contributed by atoms with van der Waals surface area (Å²) in [5.74, 6) is 1.12. The molecule has 1 aromatic heterocycles. The van der Waals surface area contributed by atoms with Crippen LogP contribution in [0.25, 0.3) is 0 Å². The number of aromatic nitrogens is 2. The smallest absolute Gasteiger partial charge is 0.319 e. The molecule has 3 N–H and O–H groups in total. The summed E-state index contributed by atoms with van der Waals surface area (Å²) in [4.78, 5) is 36.3. The van der Waals surface area contributed by atoms with Gasteiger partial charge in [-0.25, -0.2) is 9.78 Å². The predicted octanol–water partition coefficient (Wildman–Crippen LogP) is 3.00. The zero-order chi connectivity index (χ0) is 22.5. The Labute approximate surface area is 186 Å². The van der Waals surface area contributed by atoms with Crippen LogP contribution in [-0.2, 0) is 11.2 Å². The number of nitrogens with one attached hydrogen (secondary N) is 3. The molecular formula is C23H25N7O2. The first-order valence-corrected chi connectivity index (χ1v) is 10.3. The van der Waals surface area contributed by atoms with Crippen molar-refractivity contribution in [2.45, 2.75) is 6.42 Å². The van der Waals surface area contributed by atoms with Gasteiger partial charge < -0.3 is 25.8 Å². The number of nitrogens with zero attached hydrogens (tertiary/aromatic N) is 4. The highest BCUT2D eigenvalue weighted by Crippen LogP contribution is 2.30. The van der Waals surface area contributed by atoms with Crippen molar-refractivity contribution >= 4 is 40.8 Å². The first-order chi connectivity index (χ1) is 15.5. The molecule has 0 aliphatic carbocycles. The molecule has 0 radical (unpaired) electrons. The normalized spacial score (nSPS) is 12.9. The van der Waals surface area contributed by atoms with Gasteiger partial charge in [-0.3, -0.25) is 4.79 Å². The quantitative estimate of drug-likeness (QED) is 0.555. The second-order valence-electron chi connectivity index (χ2n) is 7.53. The van der Waals surface area contributed by atoms with E-state index in [1.54, 1.807) is 35.2 Å². The van der Waals surface area contributed by atoms with Crippen molar-refractivity contribution in [2.75, 3.05) is 47.6 Å². The number of likely N-dealkylation sites (N-methyl/N-ethyl adjacent to an activating group) is 2. The van der Waals surface area contributed by atoms with E-state index in [1.807, 2.05) is 49.5 Å². The van der Waals surface area contributed by atoms with Gasteiger partial charge in [-0.15, -0.1) is 0 Å². The Morgan fingerprint density at radius 2 is 1.75 bits per heavy atom. The first kappa shape index (κ1) is 21.1. The Morgan fingerprint density at radius 3 is 2.50 bits per heavy atom.